The summed E-state index contributed by atoms with van der Waals surface area (Å²) < 4.78 is 1.69. The van der Waals surface area contributed by atoms with Crippen molar-refractivity contribution in [3.05, 3.63) is 83.0 Å². The number of nitrogens with zero attached hydrogens (tertiary/aromatic N) is 4. The van der Waals surface area contributed by atoms with Crippen LogP contribution in [0.4, 0.5) is 5.13 Å². The van der Waals surface area contributed by atoms with Crippen LogP contribution in [0.5, 0.6) is 0 Å². The number of anilines is 1. The molecular formula is C23H21N5OS. The standard InChI is InChI=1S/C23H21N5OS/c1-27-13-12-18-21(15-27)30-23(24-18)25-22(29)20-14-19(16-8-4-2-5-9-16)26-28(20)17-10-6-3-7-11-17/h2-11,14H,12-13,15H2,1H3,(H,24,25,29). The SMILES string of the molecule is CN1CCc2nc(NC(=O)c3cc(-c4ccccc4)nn3-c3ccccc3)sc2C1. The fraction of sp³-hybridized carbons (Fsp3) is 0.174. The summed E-state index contributed by atoms with van der Waals surface area (Å²) >= 11 is 1.55. The molecule has 0 atom stereocenters. The summed E-state index contributed by atoms with van der Waals surface area (Å²) in [5, 5.41) is 8.36. The van der Waals surface area contributed by atoms with Gasteiger partial charge in [0.05, 0.1) is 17.1 Å². The first-order chi connectivity index (χ1) is 14.7. The van der Waals surface area contributed by atoms with Gasteiger partial charge in [-0.3, -0.25) is 10.1 Å². The van der Waals surface area contributed by atoms with Gasteiger partial charge in [0, 0.05) is 30.0 Å². The molecule has 1 N–H and O–H groups in total. The summed E-state index contributed by atoms with van der Waals surface area (Å²) in [6, 6.07) is 21.4. The maximum absolute atomic E-state index is 13.2. The zero-order chi connectivity index (χ0) is 20.5. The third kappa shape index (κ3) is 3.65. The van der Waals surface area contributed by atoms with Gasteiger partial charge in [-0.05, 0) is 25.2 Å². The van der Waals surface area contributed by atoms with Crippen LogP contribution in [0, 0.1) is 0 Å². The van der Waals surface area contributed by atoms with Crippen molar-refractivity contribution in [1.82, 2.24) is 19.7 Å². The largest absolute Gasteiger partial charge is 0.301 e. The van der Waals surface area contributed by atoms with E-state index in [-0.39, 0.29) is 5.91 Å². The van der Waals surface area contributed by atoms with Gasteiger partial charge >= 0.3 is 0 Å². The lowest BCUT2D eigenvalue weighted by Gasteiger charge is -2.20. The Bertz CT molecular complexity index is 1180. The number of carbonyl (C=O) groups is 1. The van der Waals surface area contributed by atoms with E-state index in [0.717, 1.165) is 42.1 Å². The molecule has 4 aromatic rings. The van der Waals surface area contributed by atoms with E-state index in [4.69, 9.17) is 5.10 Å². The first-order valence-corrected chi connectivity index (χ1v) is 10.7. The van der Waals surface area contributed by atoms with Crippen LogP contribution < -0.4 is 5.32 Å². The molecule has 0 saturated heterocycles. The number of thiazole rings is 1. The molecule has 3 heterocycles. The van der Waals surface area contributed by atoms with E-state index in [2.05, 4.69) is 22.2 Å². The normalized spacial score (nSPS) is 13.8. The molecular weight excluding hydrogens is 394 g/mol. The number of rotatable bonds is 4. The van der Waals surface area contributed by atoms with Crippen molar-refractivity contribution < 1.29 is 4.79 Å². The van der Waals surface area contributed by atoms with Crippen molar-refractivity contribution in [2.24, 2.45) is 0 Å². The Kier molecular flexibility index (Phi) is 4.90. The second kappa shape index (κ2) is 7.85. The molecule has 2 aromatic carbocycles. The van der Waals surface area contributed by atoms with E-state index in [1.54, 1.807) is 16.0 Å². The predicted molar refractivity (Wildman–Crippen MR) is 119 cm³/mol. The number of nitrogens with one attached hydrogen (secondary N) is 1. The Morgan fingerprint density at radius 2 is 1.80 bits per heavy atom. The molecule has 1 aliphatic rings. The second-order valence-corrected chi connectivity index (χ2v) is 8.44. The quantitative estimate of drug-likeness (QED) is 0.542. The molecule has 0 aliphatic carbocycles. The summed E-state index contributed by atoms with van der Waals surface area (Å²) in [6.45, 7) is 1.87. The molecule has 150 valence electrons. The van der Waals surface area contributed by atoms with Gasteiger partial charge in [-0.25, -0.2) is 9.67 Å². The number of para-hydroxylation sites is 1. The number of carbonyl (C=O) groups excluding carboxylic acids is 1. The van der Waals surface area contributed by atoms with Crippen LogP contribution in [-0.4, -0.2) is 39.2 Å². The maximum Gasteiger partial charge on any atom is 0.276 e. The molecule has 6 nitrogen and oxygen atoms in total. The number of likely N-dealkylation sites (N-methyl/N-ethyl adjacent to an activating group) is 1. The Morgan fingerprint density at radius 3 is 2.57 bits per heavy atom. The summed E-state index contributed by atoms with van der Waals surface area (Å²) in [6.07, 6.45) is 0.915. The summed E-state index contributed by atoms with van der Waals surface area (Å²) in [5.74, 6) is -0.215. The number of fused-ring (bicyclic) bond motifs is 1. The highest BCUT2D eigenvalue weighted by Crippen LogP contribution is 2.29. The van der Waals surface area contributed by atoms with Crippen molar-refractivity contribution in [3.8, 4) is 16.9 Å². The summed E-state index contributed by atoms with van der Waals surface area (Å²) in [4.78, 5) is 21.4. The van der Waals surface area contributed by atoms with Gasteiger partial charge in [-0.1, -0.05) is 48.5 Å². The molecule has 5 rings (SSSR count). The average Bonchev–Trinajstić information content (AvgIpc) is 3.39. The van der Waals surface area contributed by atoms with Gasteiger partial charge in [0.25, 0.3) is 5.91 Å². The highest BCUT2D eigenvalue weighted by molar-refractivity contribution is 7.15. The smallest absolute Gasteiger partial charge is 0.276 e. The lowest BCUT2D eigenvalue weighted by atomic mass is 10.1. The molecule has 0 saturated carbocycles. The molecule has 0 unspecified atom stereocenters. The van der Waals surface area contributed by atoms with Crippen molar-refractivity contribution in [2.45, 2.75) is 13.0 Å². The summed E-state index contributed by atoms with van der Waals surface area (Å²) in [5.41, 5.74) is 4.13. The van der Waals surface area contributed by atoms with E-state index in [1.165, 1.54) is 4.88 Å². The van der Waals surface area contributed by atoms with Crippen molar-refractivity contribution in [1.29, 1.82) is 0 Å². The van der Waals surface area contributed by atoms with Crippen LogP contribution in [0.15, 0.2) is 66.7 Å². The number of hydrogen-bond donors (Lipinski definition) is 1. The lowest BCUT2D eigenvalue weighted by molar-refractivity contribution is 0.101. The zero-order valence-electron chi connectivity index (χ0n) is 16.6. The molecule has 0 bridgehead atoms. The van der Waals surface area contributed by atoms with E-state index >= 15 is 0 Å². The Labute approximate surface area is 178 Å². The van der Waals surface area contributed by atoms with Crippen LogP contribution in [0.2, 0.25) is 0 Å². The van der Waals surface area contributed by atoms with Gasteiger partial charge in [-0.2, -0.15) is 5.10 Å². The number of amides is 1. The number of aromatic nitrogens is 3. The minimum Gasteiger partial charge on any atom is -0.301 e. The fourth-order valence-electron chi connectivity index (χ4n) is 3.60. The monoisotopic (exact) mass is 415 g/mol. The van der Waals surface area contributed by atoms with Crippen LogP contribution in [0.3, 0.4) is 0 Å². The van der Waals surface area contributed by atoms with Gasteiger partial charge in [0.2, 0.25) is 0 Å². The zero-order valence-corrected chi connectivity index (χ0v) is 17.4. The van der Waals surface area contributed by atoms with Crippen LogP contribution in [0.1, 0.15) is 21.1 Å². The van der Waals surface area contributed by atoms with Gasteiger partial charge in [0.15, 0.2) is 5.13 Å². The summed E-state index contributed by atoms with van der Waals surface area (Å²) in [7, 11) is 2.10. The number of hydrogen-bond acceptors (Lipinski definition) is 5. The van der Waals surface area contributed by atoms with E-state index < -0.39 is 0 Å². The third-order valence-corrected chi connectivity index (χ3v) is 6.15. The van der Waals surface area contributed by atoms with Crippen molar-refractivity contribution in [3.63, 3.8) is 0 Å². The minimum atomic E-state index is -0.215. The lowest BCUT2D eigenvalue weighted by Crippen LogP contribution is -2.25. The molecule has 7 heteroatoms. The molecule has 30 heavy (non-hydrogen) atoms. The van der Waals surface area contributed by atoms with Crippen LogP contribution in [-0.2, 0) is 13.0 Å². The van der Waals surface area contributed by atoms with Gasteiger partial charge in [-0.15, -0.1) is 11.3 Å². The third-order valence-electron chi connectivity index (χ3n) is 5.15. The van der Waals surface area contributed by atoms with E-state index in [9.17, 15) is 4.79 Å². The molecule has 0 fully saturated rings. The second-order valence-electron chi connectivity index (χ2n) is 7.36. The van der Waals surface area contributed by atoms with E-state index in [0.29, 0.717) is 10.8 Å². The Hall–Kier alpha value is -3.29. The first kappa shape index (κ1) is 18.7. The van der Waals surface area contributed by atoms with Gasteiger partial charge < -0.3 is 4.90 Å². The molecule has 1 aliphatic heterocycles. The minimum absolute atomic E-state index is 0.215. The first-order valence-electron chi connectivity index (χ1n) is 9.87. The predicted octanol–water partition coefficient (Wildman–Crippen LogP) is 4.24. The molecule has 0 radical (unpaired) electrons. The molecule has 0 spiro atoms. The highest BCUT2D eigenvalue weighted by atomic mass is 32.1. The van der Waals surface area contributed by atoms with E-state index in [1.807, 2.05) is 66.7 Å². The van der Waals surface area contributed by atoms with Gasteiger partial charge in [0.1, 0.15) is 5.69 Å². The highest BCUT2D eigenvalue weighted by Gasteiger charge is 2.22. The Morgan fingerprint density at radius 1 is 1.07 bits per heavy atom. The van der Waals surface area contributed by atoms with Crippen LogP contribution >= 0.6 is 11.3 Å². The van der Waals surface area contributed by atoms with Crippen molar-refractivity contribution in [2.75, 3.05) is 18.9 Å². The molecule has 1 amide bonds. The molecule has 2 aromatic heterocycles. The average molecular weight is 416 g/mol. The number of benzene rings is 2. The van der Waals surface area contributed by atoms with Crippen molar-refractivity contribution >= 4 is 22.4 Å². The Balaban J connectivity index is 1.49. The van der Waals surface area contributed by atoms with Crippen LogP contribution in [0.25, 0.3) is 16.9 Å². The topological polar surface area (TPSA) is 63.1 Å². The fourth-order valence-corrected chi connectivity index (χ4v) is 4.68. The maximum atomic E-state index is 13.2.